The van der Waals surface area contributed by atoms with E-state index in [0.717, 1.165) is 25.7 Å². The molecule has 0 aromatic carbocycles. The molecular formula is C15H19N3O3. The summed E-state index contributed by atoms with van der Waals surface area (Å²) in [6.07, 6.45) is 5.18. The second-order valence-electron chi connectivity index (χ2n) is 6.01. The van der Waals surface area contributed by atoms with Crippen LogP contribution in [0.2, 0.25) is 0 Å². The number of aliphatic carboxylic acids is 1. The van der Waals surface area contributed by atoms with Gasteiger partial charge >= 0.3 is 5.97 Å². The Labute approximate surface area is 123 Å². The van der Waals surface area contributed by atoms with Gasteiger partial charge in [-0.25, -0.2) is 4.98 Å². The fourth-order valence-corrected chi connectivity index (χ4v) is 3.70. The first-order chi connectivity index (χ1) is 10.0. The monoisotopic (exact) mass is 289 g/mol. The zero-order chi connectivity index (χ0) is 15.0. The third-order valence-corrected chi connectivity index (χ3v) is 4.53. The van der Waals surface area contributed by atoms with Crippen LogP contribution in [0.25, 0.3) is 0 Å². The number of amides is 1. The van der Waals surface area contributed by atoms with Gasteiger partial charge in [0.2, 0.25) is 0 Å². The van der Waals surface area contributed by atoms with Gasteiger partial charge < -0.3 is 15.7 Å². The zero-order valence-electron chi connectivity index (χ0n) is 11.7. The van der Waals surface area contributed by atoms with Crippen molar-refractivity contribution in [3.8, 4) is 0 Å². The Morgan fingerprint density at radius 3 is 2.48 bits per heavy atom. The predicted molar refractivity (Wildman–Crippen MR) is 76.6 cm³/mol. The maximum atomic E-state index is 12.6. The zero-order valence-corrected chi connectivity index (χ0v) is 11.7. The predicted octanol–water partition coefficient (Wildman–Crippen LogP) is 1.52. The summed E-state index contributed by atoms with van der Waals surface area (Å²) in [5, 5.41) is 8.94. The van der Waals surface area contributed by atoms with E-state index < -0.39 is 5.97 Å². The van der Waals surface area contributed by atoms with Crippen molar-refractivity contribution in [1.82, 2.24) is 9.88 Å². The molecule has 0 aliphatic carbocycles. The molecule has 6 nitrogen and oxygen atoms in total. The highest BCUT2D eigenvalue weighted by Crippen LogP contribution is 2.40. The molecule has 1 aromatic heterocycles. The van der Waals surface area contributed by atoms with E-state index in [-0.39, 0.29) is 30.3 Å². The Bertz CT molecular complexity index is 544. The topological polar surface area (TPSA) is 96.5 Å². The van der Waals surface area contributed by atoms with Gasteiger partial charge in [-0.15, -0.1) is 0 Å². The maximum absolute atomic E-state index is 12.6. The summed E-state index contributed by atoms with van der Waals surface area (Å²) in [5.41, 5.74) is 6.55. The van der Waals surface area contributed by atoms with E-state index in [1.54, 1.807) is 12.1 Å². The molecule has 1 aromatic rings. The summed E-state index contributed by atoms with van der Waals surface area (Å²) in [6, 6.07) is 3.64. The quantitative estimate of drug-likeness (QED) is 0.879. The largest absolute Gasteiger partial charge is 0.481 e. The van der Waals surface area contributed by atoms with Crippen LogP contribution < -0.4 is 5.73 Å². The third kappa shape index (κ3) is 2.70. The van der Waals surface area contributed by atoms with Crippen LogP contribution >= 0.6 is 0 Å². The van der Waals surface area contributed by atoms with Crippen molar-refractivity contribution in [3.05, 3.63) is 24.0 Å². The second kappa shape index (κ2) is 5.35. The third-order valence-electron chi connectivity index (χ3n) is 4.53. The molecule has 0 spiro atoms. The molecule has 0 radical (unpaired) electrons. The summed E-state index contributed by atoms with van der Waals surface area (Å²) in [5.74, 6) is -0.626. The van der Waals surface area contributed by atoms with Crippen molar-refractivity contribution in [1.29, 1.82) is 0 Å². The molecule has 0 saturated carbocycles. The lowest BCUT2D eigenvalue weighted by atomic mass is 9.88. The Balaban J connectivity index is 1.74. The van der Waals surface area contributed by atoms with E-state index in [0.29, 0.717) is 11.4 Å². The lowest BCUT2D eigenvalue weighted by Gasteiger charge is -2.38. The van der Waals surface area contributed by atoms with E-state index in [4.69, 9.17) is 10.8 Å². The molecule has 112 valence electrons. The number of nitrogen functional groups attached to an aromatic ring is 1. The Kier molecular flexibility index (Phi) is 3.53. The van der Waals surface area contributed by atoms with Crippen molar-refractivity contribution >= 4 is 17.6 Å². The van der Waals surface area contributed by atoms with Gasteiger partial charge in [-0.05, 0) is 43.7 Å². The van der Waals surface area contributed by atoms with Gasteiger partial charge in [-0.1, -0.05) is 0 Å². The van der Waals surface area contributed by atoms with Crippen molar-refractivity contribution in [3.63, 3.8) is 0 Å². The van der Waals surface area contributed by atoms with Crippen molar-refractivity contribution in [2.24, 2.45) is 5.92 Å². The summed E-state index contributed by atoms with van der Waals surface area (Å²) < 4.78 is 0. The number of carbonyl (C=O) groups excluding carboxylic acids is 1. The molecule has 2 atom stereocenters. The van der Waals surface area contributed by atoms with Crippen molar-refractivity contribution < 1.29 is 14.7 Å². The van der Waals surface area contributed by atoms with E-state index in [9.17, 15) is 9.59 Å². The minimum Gasteiger partial charge on any atom is -0.481 e. The number of anilines is 1. The lowest BCUT2D eigenvalue weighted by molar-refractivity contribution is -0.138. The van der Waals surface area contributed by atoms with Crippen LogP contribution in [0.5, 0.6) is 0 Å². The summed E-state index contributed by atoms with van der Waals surface area (Å²) in [4.78, 5) is 29.5. The highest BCUT2D eigenvalue weighted by molar-refractivity contribution is 5.93. The van der Waals surface area contributed by atoms with E-state index in [1.165, 1.54) is 6.20 Å². The average molecular weight is 289 g/mol. The van der Waals surface area contributed by atoms with Gasteiger partial charge in [-0.2, -0.15) is 0 Å². The fraction of sp³-hybridized carbons (Fsp3) is 0.533. The van der Waals surface area contributed by atoms with Crippen LogP contribution in [-0.2, 0) is 4.79 Å². The number of carbonyl (C=O) groups is 2. The molecule has 21 heavy (non-hydrogen) atoms. The summed E-state index contributed by atoms with van der Waals surface area (Å²) >= 11 is 0. The van der Waals surface area contributed by atoms with Gasteiger partial charge in [0.1, 0.15) is 5.69 Å². The minimum absolute atomic E-state index is 0.0590. The van der Waals surface area contributed by atoms with Crippen molar-refractivity contribution in [2.75, 3.05) is 5.73 Å². The first-order valence-electron chi connectivity index (χ1n) is 7.30. The number of carboxylic acid groups (broad SMARTS) is 1. The highest BCUT2D eigenvalue weighted by Gasteiger charge is 2.43. The molecule has 2 aliphatic heterocycles. The Morgan fingerprint density at radius 1 is 1.29 bits per heavy atom. The number of nitrogens with two attached hydrogens (primary N) is 1. The van der Waals surface area contributed by atoms with Crippen LogP contribution in [0.3, 0.4) is 0 Å². The average Bonchev–Trinajstić information content (AvgIpc) is 2.70. The summed E-state index contributed by atoms with van der Waals surface area (Å²) in [7, 11) is 0. The minimum atomic E-state index is -0.751. The first kappa shape index (κ1) is 13.9. The molecule has 2 unspecified atom stereocenters. The summed E-state index contributed by atoms with van der Waals surface area (Å²) in [6.45, 7) is 0. The van der Waals surface area contributed by atoms with E-state index in [2.05, 4.69) is 4.98 Å². The van der Waals surface area contributed by atoms with Crippen LogP contribution in [0.1, 0.15) is 42.6 Å². The molecule has 6 heteroatoms. The van der Waals surface area contributed by atoms with Gasteiger partial charge in [-0.3, -0.25) is 9.59 Å². The number of piperidine rings is 1. The number of aromatic nitrogens is 1. The van der Waals surface area contributed by atoms with Crippen LogP contribution in [-0.4, -0.2) is 39.0 Å². The maximum Gasteiger partial charge on any atom is 0.303 e. The first-order valence-corrected chi connectivity index (χ1v) is 7.30. The number of carboxylic acids is 1. The van der Waals surface area contributed by atoms with Gasteiger partial charge in [0.15, 0.2) is 0 Å². The molecule has 3 heterocycles. The smallest absolute Gasteiger partial charge is 0.303 e. The number of pyridine rings is 1. The number of rotatable bonds is 3. The Hall–Kier alpha value is -2.11. The highest BCUT2D eigenvalue weighted by atomic mass is 16.4. The van der Waals surface area contributed by atoms with Gasteiger partial charge in [0.25, 0.3) is 5.91 Å². The van der Waals surface area contributed by atoms with Crippen molar-refractivity contribution in [2.45, 2.75) is 44.2 Å². The lowest BCUT2D eigenvalue weighted by Crippen LogP contribution is -2.47. The Morgan fingerprint density at radius 2 is 1.95 bits per heavy atom. The standard InChI is InChI=1S/C15H19N3O3/c16-10-1-4-13(17-8-10)15(21)18-11-2-3-12(18)6-9(5-11)7-14(19)20/h1,4,8-9,11-12H,2-3,5-7,16H2,(H,19,20). The van der Waals surface area contributed by atoms with Gasteiger partial charge in [0.05, 0.1) is 11.9 Å². The molecule has 2 fully saturated rings. The molecule has 1 amide bonds. The molecule has 3 N–H and O–H groups in total. The van der Waals surface area contributed by atoms with Gasteiger partial charge in [0, 0.05) is 18.5 Å². The SMILES string of the molecule is Nc1ccc(C(=O)N2C3CCC2CC(CC(=O)O)C3)nc1. The molecule has 3 rings (SSSR count). The molecule has 2 saturated heterocycles. The number of nitrogens with zero attached hydrogens (tertiary/aromatic N) is 2. The molecular weight excluding hydrogens is 270 g/mol. The van der Waals surface area contributed by atoms with Crippen LogP contribution in [0.15, 0.2) is 18.3 Å². The van der Waals surface area contributed by atoms with Crippen LogP contribution in [0.4, 0.5) is 5.69 Å². The van der Waals surface area contributed by atoms with E-state index in [1.807, 2.05) is 4.90 Å². The van der Waals surface area contributed by atoms with E-state index >= 15 is 0 Å². The normalized spacial score (nSPS) is 27.6. The molecule has 2 aliphatic rings. The number of hydrogen-bond acceptors (Lipinski definition) is 4. The number of hydrogen-bond donors (Lipinski definition) is 2. The fourth-order valence-electron chi connectivity index (χ4n) is 3.70. The number of fused-ring (bicyclic) bond motifs is 2. The second-order valence-corrected chi connectivity index (χ2v) is 6.01. The van der Waals surface area contributed by atoms with Crippen LogP contribution in [0, 0.1) is 5.92 Å². The molecule has 2 bridgehead atoms.